The Bertz CT molecular complexity index is 835. The molecule has 6 nitrogen and oxygen atoms in total. The summed E-state index contributed by atoms with van der Waals surface area (Å²) in [6.07, 6.45) is 0.977. The van der Waals surface area contributed by atoms with Crippen LogP contribution in [-0.4, -0.2) is 40.4 Å². The van der Waals surface area contributed by atoms with Gasteiger partial charge in [-0.25, -0.2) is 4.79 Å². The summed E-state index contributed by atoms with van der Waals surface area (Å²) in [6, 6.07) is 15.6. The van der Waals surface area contributed by atoms with Crippen LogP contribution in [0, 0.1) is 0 Å². The molecule has 0 fully saturated rings. The van der Waals surface area contributed by atoms with Crippen molar-refractivity contribution in [3.8, 4) is 0 Å². The quantitative estimate of drug-likeness (QED) is 0.768. The number of nitrogens with one attached hydrogen (secondary N) is 1. The Hall–Kier alpha value is -3.15. The molecule has 3 rings (SSSR count). The van der Waals surface area contributed by atoms with E-state index >= 15 is 0 Å². The van der Waals surface area contributed by atoms with E-state index in [0.29, 0.717) is 31.5 Å². The fraction of sp³-hybridized carbons (Fsp3) is 0.286. The average molecular weight is 366 g/mol. The lowest BCUT2D eigenvalue weighted by atomic mass is 9.93. The van der Waals surface area contributed by atoms with Crippen molar-refractivity contribution in [3.63, 3.8) is 0 Å². The van der Waals surface area contributed by atoms with Gasteiger partial charge in [0.25, 0.3) is 5.91 Å². The maximum Gasteiger partial charge on any atom is 0.326 e. The molecule has 6 heteroatoms. The van der Waals surface area contributed by atoms with Gasteiger partial charge in [-0.3, -0.25) is 9.59 Å². The second-order valence-electron chi connectivity index (χ2n) is 6.57. The molecule has 1 aliphatic heterocycles. The van der Waals surface area contributed by atoms with E-state index in [1.807, 2.05) is 30.3 Å². The first kappa shape index (κ1) is 18.6. The fourth-order valence-electron chi connectivity index (χ4n) is 3.28. The first-order chi connectivity index (χ1) is 13.1. The zero-order valence-corrected chi connectivity index (χ0v) is 14.9. The predicted octanol–water partition coefficient (Wildman–Crippen LogP) is 2.23. The zero-order chi connectivity index (χ0) is 19.2. The lowest BCUT2D eigenvalue weighted by Gasteiger charge is -2.34. The lowest BCUT2D eigenvalue weighted by molar-refractivity contribution is -0.151. The van der Waals surface area contributed by atoms with E-state index in [4.69, 9.17) is 0 Å². The molecule has 140 valence electrons. The van der Waals surface area contributed by atoms with Crippen molar-refractivity contribution in [2.24, 2.45) is 0 Å². The second-order valence-corrected chi connectivity index (χ2v) is 6.57. The van der Waals surface area contributed by atoms with Crippen molar-refractivity contribution in [1.82, 2.24) is 10.2 Å². The van der Waals surface area contributed by atoms with Crippen LogP contribution >= 0.6 is 0 Å². The highest BCUT2D eigenvalue weighted by Gasteiger charge is 2.33. The highest BCUT2D eigenvalue weighted by atomic mass is 16.4. The van der Waals surface area contributed by atoms with Crippen LogP contribution in [0.2, 0.25) is 0 Å². The third kappa shape index (κ3) is 4.53. The molecule has 2 N–H and O–H groups in total. The van der Waals surface area contributed by atoms with Gasteiger partial charge >= 0.3 is 5.97 Å². The number of carboxylic acid groups (broad SMARTS) is 1. The smallest absolute Gasteiger partial charge is 0.326 e. The summed E-state index contributed by atoms with van der Waals surface area (Å²) in [4.78, 5) is 37.6. The molecule has 0 saturated carbocycles. The molecular weight excluding hydrogens is 344 g/mol. The van der Waals surface area contributed by atoms with E-state index in [1.165, 1.54) is 4.90 Å². The Kier molecular flexibility index (Phi) is 5.86. The molecule has 2 amide bonds. The van der Waals surface area contributed by atoms with Gasteiger partial charge in [-0.1, -0.05) is 42.5 Å². The van der Waals surface area contributed by atoms with Crippen molar-refractivity contribution in [2.75, 3.05) is 6.54 Å². The van der Waals surface area contributed by atoms with Gasteiger partial charge in [0, 0.05) is 31.5 Å². The molecular formula is C21H22N2O4. The Morgan fingerprint density at radius 1 is 1.00 bits per heavy atom. The molecule has 2 aromatic carbocycles. The maximum absolute atomic E-state index is 12.6. The molecule has 0 radical (unpaired) electrons. The van der Waals surface area contributed by atoms with Gasteiger partial charge in [0.15, 0.2) is 0 Å². The Labute approximate surface area is 157 Å². The highest BCUT2D eigenvalue weighted by Crippen LogP contribution is 2.24. The molecule has 0 aliphatic carbocycles. The first-order valence-corrected chi connectivity index (χ1v) is 8.98. The molecule has 0 bridgehead atoms. The van der Waals surface area contributed by atoms with E-state index in [-0.39, 0.29) is 18.2 Å². The van der Waals surface area contributed by atoms with E-state index < -0.39 is 12.0 Å². The molecule has 0 spiro atoms. The SMILES string of the molecule is O=C(NCCCC(=O)N1Cc2ccccc2CC1C(=O)O)c1ccccc1. The Morgan fingerprint density at radius 2 is 1.67 bits per heavy atom. The maximum atomic E-state index is 12.6. The minimum absolute atomic E-state index is 0.182. The van der Waals surface area contributed by atoms with Crippen LogP contribution < -0.4 is 5.32 Å². The lowest BCUT2D eigenvalue weighted by Crippen LogP contribution is -2.48. The summed E-state index contributed by atoms with van der Waals surface area (Å²) in [7, 11) is 0. The minimum Gasteiger partial charge on any atom is -0.480 e. The van der Waals surface area contributed by atoms with Gasteiger partial charge in [-0.05, 0) is 29.7 Å². The fourth-order valence-corrected chi connectivity index (χ4v) is 3.28. The van der Waals surface area contributed by atoms with Gasteiger partial charge in [-0.2, -0.15) is 0 Å². The van der Waals surface area contributed by atoms with Crippen LogP contribution in [-0.2, 0) is 22.6 Å². The standard InChI is InChI=1S/C21H22N2O4/c24-19(11-6-12-22-20(25)15-7-2-1-3-8-15)23-14-17-10-5-4-9-16(17)13-18(23)21(26)27/h1-5,7-10,18H,6,11-14H2,(H,22,25)(H,26,27). The van der Waals surface area contributed by atoms with Crippen LogP contribution in [0.4, 0.5) is 0 Å². The molecule has 1 unspecified atom stereocenters. The monoisotopic (exact) mass is 366 g/mol. The minimum atomic E-state index is -0.991. The van der Waals surface area contributed by atoms with Gasteiger partial charge in [0.2, 0.25) is 5.91 Å². The Balaban J connectivity index is 1.54. The van der Waals surface area contributed by atoms with Crippen LogP contribution in [0.15, 0.2) is 54.6 Å². The van der Waals surface area contributed by atoms with Gasteiger partial charge in [0.1, 0.15) is 6.04 Å². The average Bonchev–Trinajstić information content (AvgIpc) is 2.70. The number of aliphatic carboxylic acids is 1. The molecule has 1 heterocycles. The molecule has 2 aromatic rings. The number of carbonyl (C=O) groups is 3. The van der Waals surface area contributed by atoms with E-state index in [1.54, 1.807) is 24.3 Å². The summed E-state index contributed by atoms with van der Waals surface area (Å²) in [5.74, 6) is -1.38. The number of carbonyl (C=O) groups excluding carboxylic acids is 2. The van der Waals surface area contributed by atoms with E-state index in [2.05, 4.69) is 5.32 Å². The highest BCUT2D eigenvalue weighted by molar-refractivity contribution is 5.94. The third-order valence-corrected chi connectivity index (χ3v) is 4.74. The van der Waals surface area contributed by atoms with Crippen molar-refractivity contribution in [2.45, 2.75) is 31.8 Å². The zero-order valence-electron chi connectivity index (χ0n) is 14.9. The molecule has 27 heavy (non-hydrogen) atoms. The number of amides is 2. The molecule has 0 aromatic heterocycles. The van der Waals surface area contributed by atoms with Gasteiger partial charge < -0.3 is 15.3 Å². The number of nitrogens with zero attached hydrogens (tertiary/aromatic N) is 1. The number of hydrogen-bond acceptors (Lipinski definition) is 3. The summed E-state index contributed by atoms with van der Waals surface area (Å²) in [5.41, 5.74) is 2.53. The topological polar surface area (TPSA) is 86.7 Å². The first-order valence-electron chi connectivity index (χ1n) is 8.98. The predicted molar refractivity (Wildman–Crippen MR) is 100 cm³/mol. The molecule has 0 saturated heterocycles. The summed E-state index contributed by atoms with van der Waals surface area (Å²) < 4.78 is 0. The van der Waals surface area contributed by atoms with Gasteiger partial charge in [-0.15, -0.1) is 0 Å². The molecule has 1 atom stereocenters. The third-order valence-electron chi connectivity index (χ3n) is 4.74. The van der Waals surface area contributed by atoms with Crippen LogP contribution in [0.1, 0.15) is 34.3 Å². The van der Waals surface area contributed by atoms with Crippen molar-refractivity contribution in [3.05, 3.63) is 71.3 Å². The normalized spacial score (nSPS) is 15.7. The van der Waals surface area contributed by atoms with Crippen molar-refractivity contribution < 1.29 is 19.5 Å². The molecule has 1 aliphatic rings. The number of fused-ring (bicyclic) bond motifs is 1. The van der Waals surface area contributed by atoms with Gasteiger partial charge in [0.05, 0.1) is 0 Å². The second kappa shape index (κ2) is 8.49. The van der Waals surface area contributed by atoms with Crippen LogP contribution in [0.25, 0.3) is 0 Å². The number of rotatable bonds is 6. The van der Waals surface area contributed by atoms with Crippen LogP contribution in [0.5, 0.6) is 0 Å². The van der Waals surface area contributed by atoms with Crippen LogP contribution in [0.3, 0.4) is 0 Å². The van der Waals surface area contributed by atoms with E-state index in [0.717, 1.165) is 11.1 Å². The van der Waals surface area contributed by atoms with Crippen molar-refractivity contribution in [1.29, 1.82) is 0 Å². The van der Waals surface area contributed by atoms with E-state index in [9.17, 15) is 19.5 Å². The number of benzene rings is 2. The summed E-state index contributed by atoms with van der Waals surface area (Å²) in [6.45, 7) is 0.671. The number of carboxylic acids is 1. The van der Waals surface area contributed by atoms with Crippen molar-refractivity contribution >= 4 is 17.8 Å². The number of hydrogen-bond donors (Lipinski definition) is 2. The summed E-state index contributed by atoms with van der Waals surface area (Å²) >= 11 is 0. The Morgan fingerprint density at radius 3 is 2.37 bits per heavy atom. The summed E-state index contributed by atoms with van der Waals surface area (Å²) in [5, 5.41) is 12.3. The largest absolute Gasteiger partial charge is 0.480 e.